The predicted octanol–water partition coefficient (Wildman–Crippen LogP) is 3.47. The molecule has 2 rings (SSSR count). The number of aliphatic hydroxyl groups excluding tert-OH is 1. The standard InChI is InChI=1S/C12H14BrClN2O/c1-12(2,7-17)6-16-10-5-8(13)3-4-9(10)11(14)15-16/h3-5,17H,6-7H2,1-2H3. The molecule has 1 aromatic heterocycles. The van der Waals surface area contributed by atoms with E-state index in [0.717, 1.165) is 15.4 Å². The number of aromatic nitrogens is 2. The lowest BCUT2D eigenvalue weighted by Gasteiger charge is -2.21. The van der Waals surface area contributed by atoms with E-state index in [1.807, 2.05) is 36.7 Å². The zero-order chi connectivity index (χ0) is 12.6. The maximum Gasteiger partial charge on any atom is 0.158 e. The van der Waals surface area contributed by atoms with Crippen LogP contribution in [0.15, 0.2) is 22.7 Å². The van der Waals surface area contributed by atoms with Crippen molar-refractivity contribution >= 4 is 38.4 Å². The van der Waals surface area contributed by atoms with E-state index in [9.17, 15) is 5.11 Å². The summed E-state index contributed by atoms with van der Waals surface area (Å²) in [5.41, 5.74) is 0.760. The van der Waals surface area contributed by atoms with Gasteiger partial charge in [0.15, 0.2) is 5.15 Å². The molecule has 1 aromatic carbocycles. The molecule has 2 aromatic rings. The first-order chi connectivity index (χ1) is 7.93. The van der Waals surface area contributed by atoms with Crippen molar-refractivity contribution < 1.29 is 5.11 Å². The largest absolute Gasteiger partial charge is 0.396 e. The van der Waals surface area contributed by atoms with Crippen LogP contribution in [-0.4, -0.2) is 21.5 Å². The Bertz CT molecular complexity index is 551. The summed E-state index contributed by atoms with van der Waals surface area (Å²) in [6, 6.07) is 5.87. The summed E-state index contributed by atoms with van der Waals surface area (Å²) < 4.78 is 2.84. The van der Waals surface area contributed by atoms with Crippen molar-refractivity contribution in [3.63, 3.8) is 0 Å². The van der Waals surface area contributed by atoms with Gasteiger partial charge < -0.3 is 5.11 Å². The molecule has 0 unspecified atom stereocenters. The molecule has 1 heterocycles. The highest BCUT2D eigenvalue weighted by molar-refractivity contribution is 9.10. The minimum Gasteiger partial charge on any atom is -0.396 e. The number of fused-ring (bicyclic) bond motifs is 1. The van der Waals surface area contributed by atoms with Gasteiger partial charge in [0.25, 0.3) is 0 Å². The van der Waals surface area contributed by atoms with E-state index in [1.54, 1.807) is 0 Å². The van der Waals surface area contributed by atoms with E-state index in [-0.39, 0.29) is 12.0 Å². The molecule has 0 saturated heterocycles. The lowest BCUT2D eigenvalue weighted by Crippen LogP contribution is -2.24. The fraction of sp³-hybridized carbons (Fsp3) is 0.417. The third-order valence-electron chi connectivity index (χ3n) is 2.67. The summed E-state index contributed by atoms with van der Waals surface area (Å²) in [6.07, 6.45) is 0. The fourth-order valence-corrected chi connectivity index (χ4v) is 2.28. The fourth-order valence-electron chi connectivity index (χ4n) is 1.68. The molecule has 0 amide bonds. The summed E-state index contributed by atoms with van der Waals surface area (Å²) >= 11 is 9.53. The first-order valence-electron chi connectivity index (χ1n) is 5.35. The van der Waals surface area contributed by atoms with E-state index in [4.69, 9.17) is 11.6 Å². The number of benzene rings is 1. The predicted molar refractivity (Wildman–Crippen MR) is 73.3 cm³/mol. The van der Waals surface area contributed by atoms with Crippen molar-refractivity contribution in [2.24, 2.45) is 5.41 Å². The molecule has 17 heavy (non-hydrogen) atoms. The van der Waals surface area contributed by atoms with Gasteiger partial charge in [-0.1, -0.05) is 41.4 Å². The van der Waals surface area contributed by atoms with E-state index in [1.165, 1.54) is 0 Å². The van der Waals surface area contributed by atoms with Gasteiger partial charge in [-0.05, 0) is 18.2 Å². The van der Waals surface area contributed by atoms with Crippen LogP contribution in [-0.2, 0) is 6.54 Å². The van der Waals surface area contributed by atoms with Gasteiger partial charge in [0.2, 0.25) is 0 Å². The van der Waals surface area contributed by atoms with Crippen LogP contribution in [0.2, 0.25) is 5.15 Å². The second-order valence-electron chi connectivity index (χ2n) is 4.93. The van der Waals surface area contributed by atoms with Crippen LogP contribution in [0, 0.1) is 5.41 Å². The molecule has 0 aliphatic carbocycles. The smallest absolute Gasteiger partial charge is 0.158 e. The molecule has 0 saturated carbocycles. The van der Waals surface area contributed by atoms with Gasteiger partial charge >= 0.3 is 0 Å². The summed E-state index contributed by atoms with van der Waals surface area (Å²) in [5.74, 6) is 0. The van der Waals surface area contributed by atoms with Crippen molar-refractivity contribution in [2.75, 3.05) is 6.61 Å². The van der Waals surface area contributed by atoms with E-state index < -0.39 is 0 Å². The molecule has 0 aliphatic rings. The van der Waals surface area contributed by atoms with Gasteiger partial charge in [-0.25, -0.2) is 0 Å². The molecule has 0 fully saturated rings. The third kappa shape index (κ3) is 2.64. The molecule has 0 atom stereocenters. The van der Waals surface area contributed by atoms with Gasteiger partial charge in [0.05, 0.1) is 5.52 Å². The quantitative estimate of drug-likeness (QED) is 0.941. The number of aliphatic hydroxyl groups is 1. The molecule has 0 aliphatic heterocycles. The van der Waals surface area contributed by atoms with Gasteiger partial charge in [0, 0.05) is 28.4 Å². The summed E-state index contributed by atoms with van der Waals surface area (Å²) in [5, 5.41) is 15.1. The van der Waals surface area contributed by atoms with Gasteiger partial charge in [0.1, 0.15) is 0 Å². The SMILES string of the molecule is CC(C)(CO)Cn1nc(Cl)c2ccc(Br)cc21. The first kappa shape index (κ1) is 12.9. The Labute approximate surface area is 114 Å². The minimum atomic E-state index is -0.218. The van der Waals surface area contributed by atoms with Crippen molar-refractivity contribution in [1.29, 1.82) is 0 Å². The molecule has 1 N–H and O–H groups in total. The number of nitrogens with zero attached hydrogens (tertiary/aromatic N) is 2. The Hall–Kier alpha value is -0.580. The van der Waals surface area contributed by atoms with E-state index in [2.05, 4.69) is 21.0 Å². The zero-order valence-corrected chi connectivity index (χ0v) is 12.1. The number of halogens is 2. The van der Waals surface area contributed by atoms with Crippen molar-refractivity contribution in [2.45, 2.75) is 20.4 Å². The zero-order valence-electron chi connectivity index (χ0n) is 9.74. The molecule has 0 spiro atoms. The van der Waals surface area contributed by atoms with Crippen LogP contribution >= 0.6 is 27.5 Å². The monoisotopic (exact) mass is 316 g/mol. The average molecular weight is 318 g/mol. The van der Waals surface area contributed by atoms with Crippen LogP contribution in [0.1, 0.15) is 13.8 Å². The Morgan fingerprint density at radius 2 is 2.18 bits per heavy atom. The number of hydrogen-bond donors (Lipinski definition) is 1. The van der Waals surface area contributed by atoms with Crippen molar-refractivity contribution in [3.8, 4) is 0 Å². The topological polar surface area (TPSA) is 38.0 Å². The van der Waals surface area contributed by atoms with Crippen LogP contribution in [0.25, 0.3) is 10.9 Å². The maximum absolute atomic E-state index is 9.31. The molecular formula is C12H14BrClN2O. The summed E-state index contributed by atoms with van der Waals surface area (Å²) in [7, 11) is 0. The third-order valence-corrected chi connectivity index (χ3v) is 3.45. The Kier molecular flexibility index (Phi) is 3.48. The maximum atomic E-state index is 9.31. The summed E-state index contributed by atoms with van der Waals surface area (Å²) in [4.78, 5) is 0. The molecule has 92 valence electrons. The second kappa shape index (κ2) is 4.59. The van der Waals surface area contributed by atoms with Crippen LogP contribution in [0.4, 0.5) is 0 Å². The lowest BCUT2D eigenvalue weighted by atomic mass is 9.95. The van der Waals surface area contributed by atoms with Crippen LogP contribution in [0.5, 0.6) is 0 Å². The van der Waals surface area contributed by atoms with Gasteiger partial charge in [-0.2, -0.15) is 5.10 Å². The number of hydrogen-bond acceptors (Lipinski definition) is 2. The normalized spacial score (nSPS) is 12.3. The van der Waals surface area contributed by atoms with E-state index >= 15 is 0 Å². The number of rotatable bonds is 3. The van der Waals surface area contributed by atoms with Crippen molar-refractivity contribution in [3.05, 3.63) is 27.8 Å². The molecule has 5 heteroatoms. The lowest BCUT2D eigenvalue weighted by molar-refractivity contribution is 0.138. The minimum absolute atomic E-state index is 0.111. The second-order valence-corrected chi connectivity index (χ2v) is 6.21. The highest BCUT2D eigenvalue weighted by Gasteiger charge is 2.20. The van der Waals surface area contributed by atoms with Crippen LogP contribution in [0.3, 0.4) is 0 Å². The molecule has 3 nitrogen and oxygen atoms in total. The first-order valence-corrected chi connectivity index (χ1v) is 6.52. The Morgan fingerprint density at radius 3 is 2.82 bits per heavy atom. The Balaban J connectivity index is 2.51. The van der Waals surface area contributed by atoms with Gasteiger partial charge in [-0.3, -0.25) is 4.68 Å². The average Bonchev–Trinajstić information content (AvgIpc) is 2.55. The van der Waals surface area contributed by atoms with Crippen molar-refractivity contribution in [1.82, 2.24) is 9.78 Å². The summed E-state index contributed by atoms with van der Waals surface area (Å²) in [6.45, 7) is 4.72. The molecular weight excluding hydrogens is 304 g/mol. The highest BCUT2D eigenvalue weighted by atomic mass is 79.9. The molecule has 0 radical (unpaired) electrons. The van der Waals surface area contributed by atoms with Gasteiger partial charge in [-0.15, -0.1) is 0 Å². The van der Waals surface area contributed by atoms with E-state index in [0.29, 0.717) is 11.7 Å². The Morgan fingerprint density at radius 1 is 1.47 bits per heavy atom. The highest BCUT2D eigenvalue weighted by Crippen LogP contribution is 2.28. The van der Waals surface area contributed by atoms with Crippen LogP contribution < -0.4 is 0 Å². The molecule has 0 bridgehead atoms.